The quantitative estimate of drug-likeness (QED) is 0.813. The number of hydrogen-bond donors (Lipinski definition) is 2. The van der Waals surface area contributed by atoms with Crippen LogP contribution in [-0.2, 0) is 16.0 Å². The molecular weight excluding hydrogens is 317 g/mol. The highest BCUT2D eigenvalue weighted by molar-refractivity contribution is 9.10. The fraction of sp³-hybridized carbons (Fsp3) is 0.385. The van der Waals surface area contributed by atoms with E-state index in [0.717, 1.165) is 12.8 Å². The molecular formula is C13H13BrFNO3. The summed E-state index contributed by atoms with van der Waals surface area (Å²) in [5.41, 5.74) is 0.477. The third kappa shape index (κ3) is 4.02. The van der Waals surface area contributed by atoms with Gasteiger partial charge in [-0.3, -0.25) is 9.59 Å². The summed E-state index contributed by atoms with van der Waals surface area (Å²) in [5.74, 6) is -3.35. The molecule has 1 aromatic rings. The van der Waals surface area contributed by atoms with E-state index in [9.17, 15) is 14.0 Å². The first-order chi connectivity index (χ1) is 8.95. The van der Waals surface area contributed by atoms with Gasteiger partial charge in [0, 0.05) is 10.5 Å². The van der Waals surface area contributed by atoms with Crippen LogP contribution < -0.4 is 5.32 Å². The highest BCUT2D eigenvalue weighted by Crippen LogP contribution is 2.21. The first kappa shape index (κ1) is 14.0. The van der Waals surface area contributed by atoms with Crippen LogP contribution in [0.15, 0.2) is 22.7 Å². The van der Waals surface area contributed by atoms with Crippen molar-refractivity contribution in [2.24, 2.45) is 5.92 Å². The smallest absolute Gasteiger partial charge is 0.316 e. The predicted octanol–water partition coefficient (Wildman–Crippen LogP) is 2.11. The van der Waals surface area contributed by atoms with Crippen LogP contribution >= 0.6 is 15.9 Å². The van der Waals surface area contributed by atoms with Crippen molar-refractivity contribution in [2.45, 2.75) is 25.3 Å². The average Bonchev–Trinajstić information content (AvgIpc) is 3.07. The number of halogens is 2. The molecule has 2 N–H and O–H groups in total. The zero-order valence-electron chi connectivity index (χ0n) is 10.0. The van der Waals surface area contributed by atoms with E-state index >= 15 is 0 Å². The van der Waals surface area contributed by atoms with Gasteiger partial charge in [-0.05, 0) is 43.0 Å². The lowest BCUT2D eigenvalue weighted by Gasteiger charge is -2.12. The largest absolute Gasteiger partial charge is 0.481 e. The van der Waals surface area contributed by atoms with E-state index in [2.05, 4.69) is 21.2 Å². The zero-order chi connectivity index (χ0) is 14.0. The molecule has 4 nitrogen and oxygen atoms in total. The van der Waals surface area contributed by atoms with Crippen LogP contribution in [0.2, 0.25) is 0 Å². The van der Waals surface area contributed by atoms with Crippen LogP contribution in [0.4, 0.5) is 4.39 Å². The van der Waals surface area contributed by atoms with Crippen molar-refractivity contribution in [1.82, 2.24) is 5.32 Å². The molecule has 0 bridgehead atoms. The summed E-state index contributed by atoms with van der Waals surface area (Å²) in [6.45, 7) is 0. The summed E-state index contributed by atoms with van der Waals surface area (Å²) >= 11 is 3.14. The normalized spacial score (nSPS) is 15.9. The van der Waals surface area contributed by atoms with Crippen molar-refractivity contribution in [3.8, 4) is 0 Å². The summed E-state index contributed by atoms with van der Waals surface area (Å²) < 4.78 is 13.7. The maximum Gasteiger partial charge on any atom is 0.316 e. The van der Waals surface area contributed by atoms with Crippen LogP contribution in [-0.4, -0.2) is 23.0 Å². The van der Waals surface area contributed by atoms with Gasteiger partial charge < -0.3 is 10.4 Å². The first-order valence-corrected chi connectivity index (χ1v) is 6.73. The molecule has 0 radical (unpaired) electrons. The molecule has 1 aromatic carbocycles. The van der Waals surface area contributed by atoms with Gasteiger partial charge in [-0.25, -0.2) is 4.39 Å². The van der Waals surface area contributed by atoms with Gasteiger partial charge in [-0.1, -0.05) is 15.9 Å². The molecule has 19 heavy (non-hydrogen) atoms. The molecule has 1 fully saturated rings. The highest BCUT2D eigenvalue weighted by Gasteiger charge is 2.31. The van der Waals surface area contributed by atoms with E-state index in [4.69, 9.17) is 5.11 Å². The Bertz CT molecular complexity index is 496. The zero-order valence-corrected chi connectivity index (χ0v) is 11.6. The molecule has 0 aliphatic heterocycles. The fourth-order valence-corrected chi connectivity index (χ4v) is 2.30. The van der Waals surface area contributed by atoms with Crippen molar-refractivity contribution < 1.29 is 19.1 Å². The second-order valence-corrected chi connectivity index (χ2v) is 5.57. The van der Waals surface area contributed by atoms with Crippen LogP contribution in [0.5, 0.6) is 0 Å². The van der Waals surface area contributed by atoms with Crippen molar-refractivity contribution in [1.29, 1.82) is 0 Å². The topological polar surface area (TPSA) is 66.4 Å². The molecule has 2 rings (SSSR count). The third-order valence-corrected chi connectivity index (χ3v) is 3.36. The number of carboxylic acid groups (broad SMARTS) is 1. The van der Waals surface area contributed by atoms with Crippen molar-refractivity contribution in [3.63, 3.8) is 0 Å². The van der Waals surface area contributed by atoms with Crippen molar-refractivity contribution in [2.75, 3.05) is 0 Å². The Balaban J connectivity index is 2.10. The van der Waals surface area contributed by atoms with Gasteiger partial charge in [0.1, 0.15) is 11.7 Å². The lowest BCUT2D eigenvalue weighted by molar-refractivity contribution is -0.146. The lowest BCUT2D eigenvalue weighted by Crippen LogP contribution is -2.37. The number of aliphatic carboxylic acids is 1. The number of hydrogen-bond acceptors (Lipinski definition) is 2. The van der Waals surface area contributed by atoms with E-state index in [-0.39, 0.29) is 12.5 Å². The van der Waals surface area contributed by atoms with Gasteiger partial charge >= 0.3 is 5.97 Å². The van der Waals surface area contributed by atoms with Gasteiger partial charge in [0.25, 0.3) is 0 Å². The lowest BCUT2D eigenvalue weighted by atomic mass is 9.98. The van der Waals surface area contributed by atoms with E-state index in [1.807, 2.05) is 0 Å². The second kappa shape index (κ2) is 5.69. The maximum absolute atomic E-state index is 13.2. The Hall–Kier alpha value is -1.43. The fourth-order valence-electron chi connectivity index (χ4n) is 1.79. The number of carbonyl (C=O) groups excluding carboxylic acids is 1. The van der Waals surface area contributed by atoms with E-state index in [1.54, 1.807) is 6.07 Å². The minimum absolute atomic E-state index is 0.0236. The van der Waals surface area contributed by atoms with E-state index < -0.39 is 23.6 Å². The molecule has 0 aromatic heterocycles. The first-order valence-electron chi connectivity index (χ1n) is 5.94. The van der Waals surface area contributed by atoms with Crippen LogP contribution in [0.25, 0.3) is 0 Å². The Kier molecular flexibility index (Phi) is 4.19. The maximum atomic E-state index is 13.2. The molecule has 1 amide bonds. The predicted molar refractivity (Wildman–Crippen MR) is 70.1 cm³/mol. The summed E-state index contributed by atoms with van der Waals surface area (Å²) in [6.07, 6.45) is 1.76. The molecule has 102 valence electrons. The van der Waals surface area contributed by atoms with Gasteiger partial charge in [-0.2, -0.15) is 0 Å². The summed E-state index contributed by atoms with van der Waals surface area (Å²) in [4.78, 5) is 23.0. The second-order valence-electron chi connectivity index (χ2n) is 4.66. The minimum Gasteiger partial charge on any atom is -0.481 e. The van der Waals surface area contributed by atoms with Gasteiger partial charge in [-0.15, -0.1) is 0 Å². The number of nitrogens with one attached hydrogen (secondary N) is 1. The third-order valence-electron chi connectivity index (χ3n) is 2.90. The SMILES string of the molecule is O=C(O)C(Cc1cc(F)cc(Br)c1)C(=O)NC1CC1. The average molecular weight is 330 g/mol. The molecule has 6 heteroatoms. The van der Waals surface area contributed by atoms with Gasteiger partial charge in [0.2, 0.25) is 5.91 Å². The minimum atomic E-state index is -1.20. The number of amides is 1. The molecule has 1 atom stereocenters. The molecule has 0 heterocycles. The number of carboxylic acids is 1. The Morgan fingerprint density at radius 2 is 2.11 bits per heavy atom. The Morgan fingerprint density at radius 1 is 1.42 bits per heavy atom. The summed E-state index contributed by atoms with van der Waals surface area (Å²) in [7, 11) is 0. The Morgan fingerprint density at radius 3 is 2.63 bits per heavy atom. The van der Waals surface area contributed by atoms with E-state index in [1.165, 1.54) is 12.1 Å². The number of rotatable bonds is 5. The van der Waals surface area contributed by atoms with Crippen molar-refractivity contribution in [3.05, 3.63) is 34.1 Å². The standard InChI is InChI=1S/C13H13BrFNO3/c14-8-3-7(4-9(15)6-8)5-11(13(18)19)12(17)16-10-1-2-10/h3-4,6,10-11H,1-2,5H2,(H,16,17)(H,18,19). The molecule has 1 aliphatic rings. The van der Waals surface area contributed by atoms with Crippen LogP contribution in [0.3, 0.4) is 0 Å². The number of benzene rings is 1. The summed E-state index contributed by atoms with van der Waals surface area (Å²) in [5, 5.41) is 11.8. The van der Waals surface area contributed by atoms with Crippen molar-refractivity contribution >= 4 is 27.8 Å². The van der Waals surface area contributed by atoms with Gasteiger partial charge in [0.15, 0.2) is 0 Å². The van der Waals surface area contributed by atoms with E-state index in [0.29, 0.717) is 10.0 Å². The van der Waals surface area contributed by atoms with Crippen LogP contribution in [0, 0.1) is 11.7 Å². The highest BCUT2D eigenvalue weighted by atomic mass is 79.9. The molecule has 1 aliphatic carbocycles. The molecule has 0 saturated heterocycles. The van der Waals surface area contributed by atoms with Crippen LogP contribution in [0.1, 0.15) is 18.4 Å². The van der Waals surface area contributed by atoms with Gasteiger partial charge in [0.05, 0.1) is 0 Å². The molecule has 1 saturated carbocycles. The summed E-state index contributed by atoms with van der Waals surface area (Å²) in [6, 6.07) is 4.24. The molecule has 1 unspecified atom stereocenters. The molecule has 0 spiro atoms. The number of carbonyl (C=O) groups is 2. The monoisotopic (exact) mass is 329 g/mol. The Labute approximate surface area is 118 Å².